The van der Waals surface area contributed by atoms with Crippen molar-refractivity contribution < 1.29 is 35.9 Å². The Morgan fingerprint density at radius 2 is 1.73 bits per heavy atom. The van der Waals surface area contributed by atoms with Crippen LogP contribution in [0.2, 0.25) is 0 Å². The lowest BCUT2D eigenvalue weighted by molar-refractivity contribution is -0.143. The molecule has 0 atom stereocenters. The number of nitrogens with zero attached hydrogens (tertiary/aromatic N) is 5. The number of carbonyl (C=O) groups is 2. The van der Waals surface area contributed by atoms with E-state index in [9.17, 15) is 35.9 Å². The maximum atomic E-state index is 14.3. The predicted molar refractivity (Wildman–Crippen MR) is 128 cm³/mol. The molecule has 4 heterocycles. The summed E-state index contributed by atoms with van der Waals surface area (Å²) in [5, 5.41) is 12.7. The lowest BCUT2D eigenvalue weighted by Gasteiger charge is -2.16. The molecule has 6 rings (SSSR count). The van der Waals surface area contributed by atoms with Gasteiger partial charge in [0.15, 0.2) is 5.69 Å². The smallest absolute Gasteiger partial charge is 0.322 e. The van der Waals surface area contributed by atoms with Crippen LogP contribution < -0.4 is 10.6 Å². The molecule has 202 valence electrons. The lowest BCUT2D eigenvalue weighted by atomic mass is 10.1. The fourth-order valence-corrected chi connectivity index (χ4v) is 4.53. The van der Waals surface area contributed by atoms with E-state index in [1.54, 1.807) is 0 Å². The summed E-state index contributed by atoms with van der Waals surface area (Å²) in [5.74, 6) is -1.65. The molecule has 0 fully saturated rings. The van der Waals surface area contributed by atoms with Crippen LogP contribution in [-0.2, 0) is 12.4 Å². The summed E-state index contributed by atoms with van der Waals surface area (Å²) in [5.41, 5.74) is -4.27. The highest BCUT2D eigenvalue weighted by atomic mass is 19.4. The van der Waals surface area contributed by atoms with Crippen LogP contribution in [0.25, 0.3) is 22.1 Å². The molecule has 1 aliphatic heterocycles. The van der Waals surface area contributed by atoms with E-state index < -0.39 is 46.7 Å². The Morgan fingerprint density at radius 1 is 0.925 bits per heavy atom. The summed E-state index contributed by atoms with van der Waals surface area (Å²) >= 11 is 0. The van der Waals surface area contributed by atoms with Crippen molar-refractivity contribution in [2.75, 3.05) is 10.6 Å². The van der Waals surface area contributed by atoms with E-state index in [2.05, 4.69) is 25.8 Å². The molecular weight excluding hydrogens is 544 g/mol. The predicted octanol–water partition coefficient (Wildman–Crippen LogP) is 5.46. The number of pyridine rings is 1. The fraction of sp³-hybridized carbons (Fsp3) is 0.0800. The fourth-order valence-electron chi connectivity index (χ4n) is 4.53. The molecule has 0 spiro atoms. The zero-order chi connectivity index (χ0) is 28.4. The van der Waals surface area contributed by atoms with Crippen molar-refractivity contribution in [3.8, 4) is 11.4 Å². The van der Waals surface area contributed by atoms with Crippen LogP contribution in [0.5, 0.6) is 0 Å². The number of amides is 2. The van der Waals surface area contributed by atoms with Gasteiger partial charge in [-0.15, -0.1) is 0 Å². The summed E-state index contributed by atoms with van der Waals surface area (Å²) in [4.78, 5) is 29.2. The first-order chi connectivity index (χ1) is 18.9. The summed E-state index contributed by atoms with van der Waals surface area (Å²) in [7, 11) is 0. The average molecular weight is 557 g/mol. The highest BCUT2D eigenvalue weighted by Gasteiger charge is 2.41. The zero-order valence-corrected chi connectivity index (χ0v) is 19.7. The molecule has 3 aromatic heterocycles. The second-order valence-electron chi connectivity index (χ2n) is 8.63. The summed E-state index contributed by atoms with van der Waals surface area (Å²) in [6, 6.07) is 8.60. The third-order valence-electron chi connectivity index (χ3n) is 6.19. The van der Waals surface area contributed by atoms with Crippen LogP contribution >= 0.6 is 0 Å². The molecule has 0 radical (unpaired) electrons. The first-order valence-electron chi connectivity index (χ1n) is 11.3. The molecule has 0 unspecified atom stereocenters. The third kappa shape index (κ3) is 4.02. The minimum Gasteiger partial charge on any atom is -0.322 e. The van der Waals surface area contributed by atoms with Gasteiger partial charge < -0.3 is 10.6 Å². The van der Waals surface area contributed by atoms with Crippen molar-refractivity contribution in [1.29, 1.82) is 0 Å². The third-order valence-corrected chi connectivity index (χ3v) is 6.19. The maximum absolute atomic E-state index is 14.3. The number of carbonyl (C=O) groups excluding carboxylic acids is 2. The molecule has 0 saturated heterocycles. The van der Waals surface area contributed by atoms with Crippen LogP contribution in [0.4, 0.5) is 37.8 Å². The van der Waals surface area contributed by atoms with Gasteiger partial charge in [-0.2, -0.15) is 36.5 Å². The first kappa shape index (κ1) is 25.1. The highest BCUT2D eigenvalue weighted by Crippen LogP contribution is 2.39. The molecule has 0 aliphatic carbocycles. The number of rotatable bonds is 4. The van der Waals surface area contributed by atoms with E-state index in [1.807, 2.05) is 0 Å². The van der Waals surface area contributed by atoms with Crippen LogP contribution in [0, 0.1) is 0 Å². The summed E-state index contributed by atoms with van der Waals surface area (Å²) < 4.78 is 85.6. The number of hydrogen-bond donors (Lipinski definition) is 2. The van der Waals surface area contributed by atoms with Crippen molar-refractivity contribution in [2.45, 2.75) is 12.4 Å². The second kappa shape index (κ2) is 8.65. The number of benzene rings is 2. The Balaban J connectivity index is 1.42. The lowest BCUT2D eigenvalue weighted by Crippen LogP contribution is -2.21. The van der Waals surface area contributed by atoms with Crippen molar-refractivity contribution in [3.05, 3.63) is 89.6 Å². The summed E-state index contributed by atoms with van der Waals surface area (Å²) in [6.07, 6.45) is -5.68. The molecule has 40 heavy (non-hydrogen) atoms. The molecule has 0 bridgehead atoms. The van der Waals surface area contributed by atoms with Gasteiger partial charge in [0.2, 0.25) is 0 Å². The second-order valence-corrected chi connectivity index (χ2v) is 8.63. The van der Waals surface area contributed by atoms with Crippen LogP contribution in [-0.4, -0.2) is 36.4 Å². The quantitative estimate of drug-likeness (QED) is 0.286. The Kier molecular flexibility index (Phi) is 5.43. The molecule has 0 saturated carbocycles. The number of hydrogen-bond acceptors (Lipinski definition) is 5. The maximum Gasteiger partial charge on any atom is 0.434 e. The van der Waals surface area contributed by atoms with E-state index in [0.29, 0.717) is 16.9 Å². The van der Waals surface area contributed by atoms with Gasteiger partial charge >= 0.3 is 12.4 Å². The number of halogens is 6. The summed E-state index contributed by atoms with van der Waals surface area (Å²) in [6.45, 7) is 0. The molecule has 1 aliphatic rings. The van der Waals surface area contributed by atoms with E-state index in [-0.39, 0.29) is 33.5 Å². The minimum atomic E-state index is -5.11. The van der Waals surface area contributed by atoms with E-state index in [1.165, 1.54) is 36.7 Å². The first-order valence-corrected chi connectivity index (χ1v) is 11.3. The zero-order valence-electron chi connectivity index (χ0n) is 19.7. The Labute approximate surface area is 219 Å². The Morgan fingerprint density at radius 3 is 2.42 bits per heavy atom. The molecule has 2 aromatic carbocycles. The normalized spacial score (nSPS) is 13.1. The van der Waals surface area contributed by atoms with Gasteiger partial charge in [-0.25, -0.2) is 14.3 Å². The van der Waals surface area contributed by atoms with Crippen molar-refractivity contribution in [2.24, 2.45) is 0 Å². The van der Waals surface area contributed by atoms with Crippen molar-refractivity contribution >= 4 is 34.1 Å². The van der Waals surface area contributed by atoms with Gasteiger partial charge in [0.25, 0.3) is 11.8 Å². The van der Waals surface area contributed by atoms with Crippen LogP contribution in [0.1, 0.15) is 32.0 Å². The van der Waals surface area contributed by atoms with Crippen molar-refractivity contribution in [1.82, 2.24) is 24.5 Å². The molecule has 15 heteroatoms. The number of nitrogens with one attached hydrogen (secondary N) is 2. The highest BCUT2D eigenvalue weighted by molar-refractivity contribution is 6.24. The van der Waals surface area contributed by atoms with Gasteiger partial charge in [-0.1, -0.05) is 12.1 Å². The van der Waals surface area contributed by atoms with E-state index in [0.717, 1.165) is 23.0 Å². The molecule has 2 N–H and O–H groups in total. The van der Waals surface area contributed by atoms with Crippen LogP contribution in [0.15, 0.2) is 67.3 Å². The minimum absolute atomic E-state index is 0.161. The molecule has 9 nitrogen and oxygen atoms in total. The Bertz CT molecular complexity index is 1820. The standard InChI is InChI=1S/C25H13F6N7O2/c26-24(27,28)16-9-12(5-6-17(16)37-8-2-7-33-37)35-23(40)15-10-34-38(20(15)25(29,30)31)18-11-32-21-19-13(18)3-1-4-14(19)22(39)36-21/h1-11H,(H,35,40)(H,32,36,39). The monoisotopic (exact) mass is 557 g/mol. The largest absolute Gasteiger partial charge is 0.434 e. The van der Waals surface area contributed by atoms with Gasteiger partial charge in [0.05, 0.1) is 40.5 Å². The van der Waals surface area contributed by atoms with Gasteiger partial charge in [-0.3, -0.25) is 9.59 Å². The van der Waals surface area contributed by atoms with E-state index in [4.69, 9.17) is 0 Å². The number of anilines is 2. The van der Waals surface area contributed by atoms with E-state index >= 15 is 0 Å². The number of aromatic nitrogens is 5. The topological polar surface area (TPSA) is 107 Å². The SMILES string of the molecule is O=C(Nc1ccc(-n2cccn2)c(C(F)(F)F)c1)c1cnn(-c2cnc3c4c(cccc24)C(=O)N3)c1C(F)(F)F. The molecule has 2 amide bonds. The molecule has 5 aromatic rings. The Hall–Kier alpha value is -5.21. The molecular formula is C25H13F6N7O2. The number of alkyl halides is 6. The van der Waals surface area contributed by atoms with Gasteiger partial charge in [-0.05, 0) is 30.3 Å². The van der Waals surface area contributed by atoms with Crippen molar-refractivity contribution in [3.63, 3.8) is 0 Å². The van der Waals surface area contributed by atoms with Crippen LogP contribution in [0.3, 0.4) is 0 Å². The van der Waals surface area contributed by atoms with Gasteiger partial charge in [0, 0.05) is 28.9 Å². The average Bonchev–Trinajstić information content (AvgIpc) is 3.64. The van der Waals surface area contributed by atoms with Gasteiger partial charge in [0.1, 0.15) is 5.82 Å².